The van der Waals surface area contributed by atoms with E-state index in [1.54, 1.807) is 0 Å². The summed E-state index contributed by atoms with van der Waals surface area (Å²) in [5, 5.41) is 3.50. The Kier molecular flexibility index (Phi) is 2.98. The Balaban J connectivity index is 1.71. The highest BCUT2D eigenvalue weighted by molar-refractivity contribution is 5.65. The van der Waals surface area contributed by atoms with Crippen LogP contribution in [0.25, 0.3) is 11.1 Å². The van der Waals surface area contributed by atoms with Gasteiger partial charge < -0.3 is 11.1 Å². The van der Waals surface area contributed by atoms with E-state index < -0.39 is 0 Å². The summed E-state index contributed by atoms with van der Waals surface area (Å²) in [6.45, 7) is 0.936. The quantitative estimate of drug-likeness (QED) is 0.568. The zero-order valence-corrected chi connectivity index (χ0v) is 12.3. The Bertz CT molecular complexity index is 787. The molecule has 22 heavy (non-hydrogen) atoms. The second-order valence-corrected chi connectivity index (χ2v) is 5.79. The number of nitrogen functional groups attached to an aromatic ring is 1. The van der Waals surface area contributed by atoms with Crippen molar-refractivity contribution in [2.24, 2.45) is 0 Å². The number of rotatable bonds is 3. The van der Waals surface area contributed by atoms with Gasteiger partial charge in [0.2, 0.25) is 0 Å². The van der Waals surface area contributed by atoms with Crippen LogP contribution in [0.4, 0.5) is 5.69 Å². The van der Waals surface area contributed by atoms with Crippen molar-refractivity contribution < 1.29 is 0 Å². The molecule has 3 N–H and O–H groups in total. The molecule has 2 heteroatoms. The Morgan fingerprint density at radius 1 is 0.727 bits per heavy atom. The van der Waals surface area contributed by atoms with E-state index in [0.717, 1.165) is 12.2 Å². The molecule has 1 fully saturated rings. The van der Waals surface area contributed by atoms with E-state index in [0.29, 0.717) is 0 Å². The predicted octanol–water partition coefficient (Wildman–Crippen LogP) is 3.78. The van der Waals surface area contributed by atoms with E-state index in [4.69, 9.17) is 5.73 Å². The summed E-state index contributed by atoms with van der Waals surface area (Å²) in [7, 11) is 0. The highest BCUT2D eigenvalue weighted by Crippen LogP contribution is 2.41. The molecule has 0 spiro atoms. The van der Waals surface area contributed by atoms with Gasteiger partial charge in [0.05, 0.1) is 5.54 Å². The third-order valence-corrected chi connectivity index (χ3v) is 4.44. The first-order chi connectivity index (χ1) is 10.8. The maximum absolute atomic E-state index is 6.16. The first kappa shape index (κ1) is 13.1. The van der Waals surface area contributed by atoms with Gasteiger partial charge in [0.25, 0.3) is 0 Å². The highest BCUT2D eigenvalue weighted by atomic mass is 15.2. The zero-order valence-electron chi connectivity index (χ0n) is 12.3. The molecular formula is C20H18N2. The Morgan fingerprint density at radius 3 is 1.95 bits per heavy atom. The Morgan fingerprint density at radius 2 is 1.32 bits per heavy atom. The van der Waals surface area contributed by atoms with Crippen LogP contribution in [0, 0.1) is 0 Å². The molecule has 108 valence electrons. The maximum Gasteiger partial charge on any atom is 0.0838 e. The van der Waals surface area contributed by atoms with Crippen molar-refractivity contribution in [2.75, 3.05) is 12.3 Å². The second-order valence-electron chi connectivity index (χ2n) is 5.79. The van der Waals surface area contributed by atoms with Gasteiger partial charge in [-0.3, -0.25) is 0 Å². The third kappa shape index (κ3) is 2.09. The molecule has 3 aromatic rings. The molecule has 1 aliphatic rings. The SMILES string of the molecule is Nc1ccccc1C1(c2ccc(-c3ccccc3)cc2)CN1. The smallest absolute Gasteiger partial charge is 0.0838 e. The fourth-order valence-corrected chi connectivity index (χ4v) is 3.10. The molecule has 1 aliphatic heterocycles. The minimum absolute atomic E-state index is 0.111. The van der Waals surface area contributed by atoms with Crippen LogP contribution in [0.15, 0.2) is 78.9 Å². The number of hydrogen-bond donors (Lipinski definition) is 2. The standard InChI is InChI=1S/C20H18N2/c21-19-9-5-4-8-18(19)20(14-22-20)17-12-10-16(11-13-17)15-6-2-1-3-7-15/h1-13,22H,14,21H2. The normalized spacial score (nSPS) is 19.8. The van der Waals surface area contributed by atoms with E-state index in [1.807, 2.05) is 24.3 Å². The number of benzene rings is 3. The van der Waals surface area contributed by atoms with E-state index in [-0.39, 0.29) is 5.54 Å². The first-order valence-electron chi connectivity index (χ1n) is 7.56. The fourth-order valence-electron chi connectivity index (χ4n) is 3.10. The van der Waals surface area contributed by atoms with Crippen molar-refractivity contribution >= 4 is 5.69 Å². The van der Waals surface area contributed by atoms with Crippen LogP contribution >= 0.6 is 0 Å². The number of nitrogens with one attached hydrogen (secondary N) is 1. The molecule has 2 nitrogen and oxygen atoms in total. The molecule has 1 saturated heterocycles. The van der Waals surface area contributed by atoms with Crippen LogP contribution in [-0.4, -0.2) is 6.54 Å². The summed E-state index contributed by atoms with van der Waals surface area (Å²) in [6, 6.07) is 27.3. The number of nitrogens with two attached hydrogens (primary N) is 1. The molecule has 0 aromatic heterocycles. The average molecular weight is 286 g/mol. The Hall–Kier alpha value is -2.58. The van der Waals surface area contributed by atoms with E-state index in [9.17, 15) is 0 Å². The minimum atomic E-state index is -0.111. The van der Waals surface area contributed by atoms with Crippen LogP contribution < -0.4 is 11.1 Å². The van der Waals surface area contributed by atoms with Gasteiger partial charge in [-0.1, -0.05) is 72.8 Å². The maximum atomic E-state index is 6.16. The molecule has 0 bridgehead atoms. The largest absolute Gasteiger partial charge is 0.398 e. The van der Waals surface area contributed by atoms with Gasteiger partial charge in [0.15, 0.2) is 0 Å². The number of anilines is 1. The molecular weight excluding hydrogens is 268 g/mol. The van der Waals surface area contributed by atoms with Gasteiger partial charge in [0, 0.05) is 17.8 Å². The molecule has 3 aromatic carbocycles. The molecule has 1 unspecified atom stereocenters. The molecule has 0 amide bonds. The molecule has 1 heterocycles. The van der Waals surface area contributed by atoms with Gasteiger partial charge in [-0.15, -0.1) is 0 Å². The van der Waals surface area contributed by atoms with Gasteiger partial charge in [0.1, 0.15) is 0 Å². The highest BCUT2D eigenvalue weighted by Gasteiger charge is 2.46. The lowest BCUT2D eigenvalue weighted by Crippen LogP contribution is -2.16. The lowest BCUT2D eigenvalue weighted by atomic mass is 9.89. The average Bonchev–Trinajstić information content (AvgIpc) is 3.38. The molecule has 1 atom stereocenters. The minimum Gasteiger partial charge on any atom is -0.398 e. The van der Waals surface area contributed by atoms with Crippen molar-refractivity contribution in [3.05, 3.63) is 90.0 Å². The monoisotopic (exact) mass is 286 g/mol. The van der Waals surface area contributed by atoms with Crippen LogP contribution in [0.3, 0.4) is 0 Å². The summed E-state index contributed by atoms with van der Waals surface area (Å²) < 4.78 is 0. The first-order valence-corrected chi connectivity index (χ1v) is 7.56. The van der Waals surface area contributed by atoms with Crippen molar-refractivity contribution in [3.63, 3.8) is 0 Å². The summed E-state index contributed by atoms with van der Waals surface area (Å²) in [5.41, 5.74) is 11.8. The summed E-state index contributed by atoms with van der Waals surface area (Å²) in [6.07, 6.45) is 0. The summed E-state index contributed by atoms with van der Waals surface area (Å²) in [5.74, 6) is 0. The lowest BCUT2D eigenvalue weighted by molar-refractivity contribution is 0.824. The molecule has 0 saturated carbocycles. The lowest BCUT2D eigenvalue weighted by Gasteiger charge is -2.17. The van der Waals surface area contributed by atoms with Crippen molar-refractivity contribution in [1.82, 2.24) is 5.32 Å². The summed E-state index contributed by atoms with van der Waals surface area (Å²) in [4.78, 5) is 0. The predicted molar refractivity (Wildman–Crippen MR) is 91.5 cm³/mol. The topological polar surface area (TPSA) is 48.0 Å². The van der Waals surface area contributed by atoms with Gasteiger partial charge in [-0.05, 0) is 22.8 Å². The van der Waals surface area contributed by atoms with Crippen LogP contribution in [-0.2, 0) is 5.54 Å². The van der Waals surface area contributed by atoms with Crippen molar-refractivity contribution in [3.8, 4) is 11.1 Å². The third-order valence-electron chi connectivity index (χ3n) is 4.44. The van der Waals surface area contributed by atoms with E-state index in [2.05, 4.69) is 59.9 Å². The molecule has 0 aliphatic carbocycles. The van der Waals surface area contributed by atoms with Crippen LogP contribution in [0.1, 0.15) is 11.1 Å². The fraction of sp³-hybridized carbons (Fsp3) is 0.100. The van der Waals surface area contributed by atoms with Crippen LogP contribution in [0.5, 0.6) is 0 Å². The number of hydrogen-bond acceptors (Lipinski definition) is 2. The second kappa shape index (κ2) is 5.00. The zero-order chi connectivity index (χ0) is 15.0. The van der Waals surface area contributed by atoms with Gasteiger partial charge in [-0.2, -0.15) is 0 Å². The van der Waals surface area contributed by atoms with E-state index >= 15 is 0 Å². The van der Waals surface area contributed by atoms with Crippen molar-refractivity contribution in [1.29, 1.82) is 0 Å². The van der Waals surface area contributed by atoms with Crippen molar-refractivity contribution in [2.45, 2.75) is 5.54 Å². The van der Waals surface area contributed by atoms with E-state index in [1.165, 1.54) is 22.3 Å². The molecule has 0 radical (unpaired) electrons. The van der Waals surface area contributed by atoms with Gasteiger partial charge >= 0.3 is 0 Å². The Labute approximate surface area is 130 Å². The van der Waals surface area contributed by atoms with Gasteiger partial charge in [-0.25, -0.2) is 0 Å². The van der Waals surface area contributed by atoms with Crippen LogP contribution in [0.2, 0.25) is 0 Å². The number of para-hydroxylation sites is 1. The summed E-state index contributed by atoms with van der Waals surface area (Å²) >= 11 is 0. The molecule has 4 rings (SSSR count).